The number of esters is 2. The fourth-order valence-electron chi connectivity index (χ4n) is 11.3. The zero-order chi connectivity index (χ0) is 61.7. The number of piperidine rings is 1. The maximum absolute atomic E-state index is 13.8. The molecule has 3 aliphatic heterocycles. The normalized spacial score (nSPS) is 14.3. The molecule has 454 valence electrons. The molecule has 0 aliphatic carbocycles. The number of rotatable bonds is 14. The van der Waals surface area contributed by atoms with Crippen LogP contribution in [0.3, 0.4) is 0 Å². The molecule has 0 radical (unpaired) electrons. The SMILES string of the molecule is CC(C)(C)OC(=O)c1nc(N2CCc3cccc(C(=O)Nc4nc5ccccc5s4)c3C2)ccc1Br.Cc1c(OCCCC2CCNCC2)cccc1-c1ccc(N2CCc3cccc(C(=O)Nc4nc5ccccc5s4)c3C2)nc1C(=O)OC(C)(C)C. The first-order valence-corrected chi connectivity index (χ1v) is 32.4. The average Bonchev–Trinajstić information content (AvgIpc) is 3.81. The molecule has 19 heteroatoms. The number of para-hydroxylation sites is 2. The molecule has 0 saturated carbocycles. The van der Waals surface area contributed by atoms with Crippen molar-refractivity contribution >= 4 is 105 Å². The molecule has 1 saturated heterocycles. The van der Waals surface area contributed by atoms with E-state index in [9.17, 15) is 19.2 Å². The lowest BCUT2D eigenvalue weighted by atomic mass is 9.93. The van der Waals surface area contributed by atoms with Gasteiger partial charge in [-0.15, -0.1) is 0 Å². The number of fused-ring (bicyclic) bond motifs is 4. The van der Waals surface area contributed by atoms with Crippen LogP contribution in [0.2, 0.25) is 0 Å². The molecule has 12 rings (SSSR count). The summed E-state index contributed by atoms with van der Waals surface area (Å²) >= 11 is 6.33. The van der Waals surface area contributed by atoms with Crippen molar-refractivity contribution in [3.63, 3.8) is 0 Å². The van der Waals surface area contributed by atoms with Crippen molar-refractivity contribution in [2.75, 3.05) is 53.2 Å². The second kappa shape index (κ2) is 26.7. The average molecular weight is 1280 g/mol. The smallest absolute Gasteiger partial charge is 0.358 e. The Bertz CT molecular complexity index is 4010. The molecule has 0 bridgehead atoms. The fraction of sp³-hybridized carbons (Fsp3) is 0.333. The van der Waals surface area contributed by atoms with Crippen molar-refractivity contribution < 1.29 is 33.4 Å². The van der Waals surface area contributed by atoms with Crippen LogP contribution in [0, 0.1) is 12.8 Å². The monoisotopic (exact) mass is 1280 g/mol. The molecular formula is C69H72BrN9O7S2. The Kier molecular flexibility index (Phi) is 18.7. The van der Waals surface area contributed by atoms with E-state index in [1.165, 1.54) is 41.9 Å². The van der Waals surface area contributed by atoms with E-state index in [0.29, 0.717) is 69.3 Å². The molecule has 5 aromatic carbocycles. The van der Waals surface area contributed by atoms with Crippen molar-refractivity contribution in [2.24, 2.45) is 5.92 Å². The summed E-state index contributed by atoms with van der Waals surface area (Å²) in [4.78, 5) is 76.4. The number of carbonyl (C=O) groups excluding carboxylic acids is 4. The number of amides is 2. The lowest BCUT2D eigenvalue weighted by Gasteiger charge is -2.31. The highest BCUT2D eigenvalue weighted by atomic mass is 79.9. The van der Waals surface area contributed by atoms with E-state index in [-0.39, 0.29) is 23.2 Å². The number of ether oxygens (including phenoxy) is 3. The van der Waals surface area contributed by atoms with E-state index in [1.807, 2.05) is 164 Å². The number of aromatic nitrogens is 4. The first kappa shape index (κ1) is 61.5. The van der Waals surface area contributed by atoms with Crippen LogP contribution in [0.15, 0.2) is 132 Å². The number of hydrogen-bond acceptors (Lipinski definition) is 16. The van der Waals surface area contributed by atoms with Gasteiger partial charge < -0.3 is 29.3 Å². The van der Waals surface area contributed by atoms with Crippen molar-refractivity contribution in [3.05, 3.63) is 182 Å². The molecule has 0 unspecified atom stereocenters. The highest BCUT2D eigenvalue weighted by Gasteiger charge is 2.30. The molecule has 3 aliphatic rings. The topological polar surface area (TPSA) is 190 Å². The quantitative estimate of drug-likeness (QED) is 0.0688. The van der Waals surface area contributed by atoms with Gasteiger partial charge in [0.25, 0.3) is 11.8 Å². The standard InChI is InChI=1S/C42H47N5O4S.C27H25BrN4O3S/c1-27-30(12-8-15-35(27)50-25-9-10-28-19-22-43-23-20-28)31-17-18-37(45-38(31)40(49)51-42(2,3)4)47-24-21-29-11-7-13-32(33(29)26-47)39(48)46-41-44-34-14-5-6-16-36(34)52-41;1-27(2,3)35-25(34)23-19(28)11-12-22(30-23)32-14-13-16-7-6-8-17(18(16)15-32)24(33)31-26-29-20-9-4-5-10-21(20)36-26/h5-8,11-18,28,43H,9-10,19-26H2,1-4H3,(H,44,46,48);4-12H,13-15H2,1-3H3,(H,29,31,33). The number of pyridine rings is 2. The van der Waals surface area contributed by atoms with Gasteiger partial charge in [0, 0.05) is 42.9 Å². The minimum Gasteiger partial charge on any atom is -0.493 e. The predicted molar refractivity (Wildman–Crippen MR) is 355 cm³/mol. The summed E-state index contributed by atoms with van der Waals surface area (Å²) in [6, 6.07) is 40.9. The number of thiazole rings is 2. The van der Waals surface area contributed by atoms with Crippen molar-refractivity contribution in [2.45, 2.75) is 111 Å². The van der Waals surface area contributed by atoms with E-state index >= 15 is 0 Å². The van der Waals surface area contributed by atoms with E-state index in [0.717, 1.165) is 104 Å². The van der Waals surface area contributed by atoms with Crippen molar-refractivity contribution in [1.82, 2.24) is 25.3 Å². The van der Waals surface area contributed by atoms with Gasteiger partial charge in [-0.05, 0) is 222 Å². The minimum atomic E-state index is -0.698. The molecule has 88 heavy (non-hydrogen) atoms. The second-order valence-electron chi connectivity index (χ2n) is 24.3. The lowest BCUT2D eigenvalue weighted by molar-refractivity contribution is 0.00504. The Morgan fingerprint density at radius 1 is 0.602 bits per heavy atom. The van der Waals surface area contributed by atoms with Crippen LogP contribution in [0.25, 0.3) is 31.6 Å². The van der Waals surface area contributed by atoms with Crippen LogP contribution in [0.4, 0.5) is 21.9 Å². The van der Waals surface area contributed by atoms with Gasteiger partial charge in [0.05, 0.1) is 31.5 Å². The summed E-state index contributed by atoms with van der Waals surface area (Å²) in [5.74, 6) is 1.54. The number of carbonyl (C=O) groups is 4. The summed E-state index contributed by atoms with van der Waals surface area (Å²) in [6.07, 6.45) is 6.14. The van der Waals surface area contributed by atoms with E-state index < -0.39 is 23.1 Å². The number of benzene rings is 5. The third-order valence-corrected chi connectivity index (χ3v) is 18.2. The first-order valence-electron chi connectivity index (χ1n) is 29.9. The molecule has 0 spiro atoms. The van der Waals surface area contributed by atoms with E-state index in [2.05, 4.69) is 68.8 Å². The number of nitrogens with zero attached hydrogens (tertiary/aromatic N) is 6. The maximum atomic E-state index is 13.8. The molecule has 0 atom stereocenters. The molecule has 4 aromatic heterocycles. The third-order valence-electron chi connectivity index (χ3n) is 15.7. The molecule has 7 heterocycles. The van der Waals surface area contributed by atoms with Gasteiger partial charge in [0.1, 0.15) is 28.6 Å². The minimum absolute atomic E-state index is 0.189. The van der Waals surface area contributed by atoms with Crippen molar-refractivity contribution in [3.8, 4) is 16.9 Å². The van der Waals surface area contributed by atoms with Gasteiger partial charge in [-0.3, -0.25) is 20.2 Å². The number of nitrogens with one attached hydrogen (secondary N) is 3. The van der Waals surface area contributed by atoms with E-state index in [1.54, 1.807) is 0 Å². The predicted octanol–water partition coefficient (Wildman–Crippen LogP) is 14.8. The number of hydrogen-bond donors (Lipinski definition) is 3. The Morgan fingerprint density at radius 2 is 1.11 bits per heavy atom. The van der Waals surface area contributed by atoms with Crippen LogP contribution >= 0.6 is 38.6 Å². The summed E-state index contributed by atoms with van der Waals surface area (Å²) in [5.41, 5.74) is 8.79. The zero-order valence-corrected chi connectivity index (χ0v) is 53.8. The van der Waals surface area contributed by atoms with Crippen LogP contribution in [-0.2, 0) is 35.4 Å². The van der Waals surface area contributed by atoms with Gasteiger partial charge in [0.15, 0.2) is 21.7 Å². The van der Waals surface area contributed by atoms with E-state index in [4.69, 9.17) is 19.2 Å². The van der Waals surface area contributed by atoms with Crippen LogP contribution in [0.1, 0.15) is 137 Å². The second-order valence-corrected chi connectivity index (χ2v) is 27.2. The molecule has 1 fully saturated rings. The Morgan fingerprint density at radius 3 is 1.66 bits per heavy atom. The molecule has 16 nitrogen and oxygen atoms in total. The van der Waals surface area contributed by atoms with Gasteiger partial charge in [-0.25, -0.2) is 29.5 Å². The summed E-state index contributed by atoms with van der Waals surface area (Å²) in [6.45, 7) is 18.3. The first-order chi connectivity index (χ1) is 42.3. The molecule has 2 amide bonds. The largest absolute Gasteiger partial charge is 0.493 e. The summed E-state index contributed by atoms with van der Waals surface area (Å²) in [5, 5.41) is 10.6. The summed E-state index contributed by atoms with van der Waals surface area (Å²) in [7, 11) is 0. The van der Waals surface area contributed by atoms with Gasteiger partial charge >= 0.3 is 11.9 Å². The van der Waals surface area contributed by atoms with Gasteiger partial charge in [0.2, 0.25) is 0 Å². The van der Waals surface area contributed by atoms with Gasteiger partial charge in [-0.2, -0.15) is 0 Å². The van der Waals surface area contributed by atoms with Crippen LogP contribution in [0.5, 0.6) is 5.75 Å². The number of anilines is 4. The highest BCUT2D eigenvalue weighted by molar-refractivity contribution is 9.10. The Hall–Kier alpha value is -8.10. The highest BCUT2D eigenvalue weighted by Crippen LogP contribution is 2.37. The van der Waals surface area contributed by atoms with Gasteiger partial charge in [-0.1, -0.05) is 83.3 Å². The zero-order valence-electron chi connectivity index (χ0n) is 50.6. The fourth-order valence-corrected chi connectivity index (χ4v) is 13.5. The lowest BCUT2D eigenvalue weighted by Crippen LogP contribution is -2.33. The van der Waals surface area contributed by atoms with Crippen LogP contribution in [-0.4, -0.2) is 87.7 Å². The maximum Gasteiger partial charge on any atom is 0.358 e. The third kappa shape index (κ3) is 14.7. The van der Waals surface area contributed by atoms with Crippen molar-refractivity contribution in [1.29, 1.82) is 0 Å². The molecule has 9 aromatic rings. The number of halogens is 1. The van der Waals surface area contributed by atoms with Crippen LogP contribution < -0.4 is 30.5 Å². The Labute approximate surface area is 529 Å². The molecular weight excluding hydrogens is 1210 g/mol. The molecule has 3 N–H and O–H groups in total. The Balaban J connectivity index is 0.000000194. The summed E-state index contributed by atoms with van der Waals surface area (Å²) < 4.78 is 20.4.